The third-order valence-electron chi connectivity index (χ3n) is 3.97. The lowest BCUT2D eigenvalue weighted by Gasteiger charge is -2.33. The molecule has 26 heavy (non-hydrogen) atoms. The summed E-state index contributed by atoms with van der Waals surface area (Å²) >= 11 is 1.79. The smallest absolute Gasteiger partial charge is 0.208 e. The van der Waals surface area contributed by atoms with Gasteiger partial charge in [-0.3, -0.25) is 4.99 Å². The number of thiophene rings is 1. The molecule has 0 atom stereocenters. The molecule has 7 nitrogen and oxygen atoms in total. The van der Waals surface area contributed by atoms with Crippen molar-refractivity contribution >= 4 is 56.3 Å². The van der Waals surface area contributed by atoms with Crippen molar-refractivity contribution in [3.63, 3.8) is 0 Å². The van der Waals surface area contributed by atoms with E-state index in [9.17, 15) is 8.42 Å². The van der Waals surface area contributed by atoms with E-state index in [-0.39, 0.29) is 24.0 Å². The van der Waals surface area contributed by atoms with E-state index in [1.54, 1.807) is 11.3 Å². The maximum Gasteiger partial charge on any atom is 0.208 e. The standard InChI is InChI=1S/C16H29N5O2S2.HI/c1-3-17-16(18-9-5-10-19-25(2,22)23)20-14-7-11-21(12-8-14)15-6-4-13-24-15;/h4,6,13-14,19H,3,5,7-12H2,1-2H3,(H2,17,18,20);1H. The van der Waals surface area contributed by atoms with Crippen LogP contribution in [-0.4, -0.2) is 59.4 Å². The lowest BCUT2D eigenvalue weighted by Crippen LogP contribution is -2.48. The Bertz CT molecular complexity index is 629. The zero-order chi connectivity index (χ0) is 18.1. The molecule has 0 aromatic carbocycles. The van der Waals surface area contributed by atoms with Gasteiger partial charge >= 0.3 is 0 Å². The molecule has 0 aliphatic carbocycles. The molecule has 1 aromatic rings. The zero-order valence-electron chi connectivity index (χ0n) is 15.4. The van der Waals surface area contributed by atoms with E-state index in [0.717, 1.165) is 38.4 Å². The predicted molar refractivity (Wildman–Crippen MR) is 122 cm³/mol. The fourth-order valence-electron chi connectivity index (χ4n) is 2.73. The Labute approximate surface area is 178 Å². The summed E-state index contributed by atoms with van der Waals surface area (Å²) in [6, 6.07) is 4.69. The summed E-state index contributed by atoms with van der Waals surface area (Å²) in [4.78, 5) is 6.98. The van der Waals surface area contributed by atoms with Crippen molar-refractivity contribution < 1.29 is 8.42 Å². The van der Waals surface area contributed by atoms with Crippen LogP contribution >= 0.6 is 35.3 Å². The number of anilines is 1. The molecule has 150 valence electrons. The van der Waals surface area contributed by atoms with Gasteiger partial charge in [0.25, 0.3) is 0 Å². The SMILES string of the molecule is CCNC(=NCCCNS(C)(=O)=O)NC1CCN(c2cccs2)CC1.I. The summed E-state index contributed by atoms with van der Waals surface area (Å²) in [5.41, 5.74) is 0. The van der Waals surface area contributed by atoms with Crippen LogP contribution in [0.3, 0.4) is 0 Å². The topological polar surface area (TPSA) is 85.8 Å². The molecular formula is C16H30IN5O2S2. The van der Waals surface area contributed by atoms with E-state index < -0.39 is 10.0 Å². The number of guanidine groups is 1. The number of hydrogen-bond acceptors (Lipinski definition) is 5. The quantitative estimate of drug-likeness (QED) is 0.213. The summed E-state index contributed by atoms with van der Waals surface area (Å²) in [7, 11) is -3.12. The van der Waals surface area contributed by atoms with Gasteiger partial charge in [0.2, 0.25) is 10.0 Å². The summed E-state index contributed by atoms with van der Waals surface area (Å²) in [5, 5.41) is 10.2. The summed E-state index contributed by atoms with van der Waals surface area (Å²) in [6.07, 6.45) is 4.01. The molecule has 10 heteroatoms. The molecule has 1 fully saturated rings. The maximum absolute atomic E-state index is 11.0. The van der Waals surface area contributed by atoms with E-state index >= 15 is 0 Å². The monoisotopic (exact) mass is 515 g/mol. The minimum absolute atomic E-state index is 0. The van der Waals surface area contributed by atoms with Crippen LogP contribution in [-0.2, 0) is 10.0 Å². The van der Waals surface area contributed by atoms with Gasteiger partial charge in [0.15, 0.2) is 5.96 Å². The second kappa shape index (κ2) is 12.0. The van der Waals surface area contributed by atoms with Gasteiger partial charge in [-0.25, -0.2) is 13.1 Å². The van der Waals surface area contributed by atoms with Gasteiger partial charge in [-0.15, -0.1) is 35.3 Å². The fraction of sp³-hybridized carbons (Fsp3) is 0.688. The Morgan fingerprint density at radius 3 is 2.69 bits per heavy atom. The van der Waals surface area contributed by atoms with E-state index in [2.05, 4.69) is 42.8 Å². The molecule has 1 aromatic heterocycles. The molecule has 0 amide bonds. The number of halogens is 1. The number of aliphatic imine (C=N–C) groups is 1. The minimum atomic E-state index is -3.12. The average Bonchev–Trinajstić information content (AvgIpc) is 3.09. The predicted octanol–water partition coefficient (Wildman–Crippen LogP) is 1.83. The van der Waals surface area contributed by atoms with Gasteiger partial charge in [-0.1, -0.05) is 0 Å². The first-order valence-corrected chi connectivity index (χ1v) is 11.5. The molecule has 0 unspecified atom stereocenters. The summed E-state index contributed by atoms with van der Waals surface area (Å²) in [5.74, 6) is 0.816. The molecule has 1 aliphatic rings. The molecule has 1 saturated heterocycles. The zero-order valence-corrected chi connectivity index (χ0v) is 19.4. The van der Waals surface area contributed by atoms with Crippen molar-refractivity contribution in [2.45, 2.75) is 32.2 Å². The molecule has 1 aliphatic heterocycles. The summed E-state index contributed by atoms with van der Waals surface area (Å²) < 4.78 is 24.5. The number of piperidine rings is 1. The highest BCUT2D eigenvalue weighted by atomic mass is 127. The molecule has 0 spiro atoms. The number of nitrogens with zero attached hydrogens (tertiary/aromatic N) is 2. The second-order valence-corrected chi connectivity index (χ2v) is 8.90. The van der Waals surface area contributed by atoms with E-state index in [0.29, 0.717) is 25.6 Å². The van der Waals surface area contributed by atoms with Crippen molar-refractivity contribution in [2.24, 2.45) is 4.99 Å². The highest BCUT2D eigenvalue weighted by Crippen LogP contribution is 2.24. The number of rotatable bonds is 8. The van der Waals surface area contributed by atoms with Gasteiger partial charge in [-0.05, 0) is 43.7 Å². The first-order chi connectivity index (χ1) is 12.0. The van der Waals surface area contributed by atoms with Crippen LogP contribution in [0, 0.1) is 0 Å². The first-order valence-electron chi connectivity index (χ1n) is 8.76. The van der Waals surface area contributed by atoms with Crippen molar-refractivity contribution in [3.8, 4) is 0 Å². The molecule has 2 heterocycles. The van der Waals surface area contributed by atoms with Gasteiger partial charge < -0.3 is 15.5 Å². The third-order valence-corrected chi connectivity index (χ3v) is 5.62. The Morgan fingerprint density at radius 1 is 1.38 bits per heavy atom. The lowest BCUT2D eigenvalue weighted by atomic mass is 10.1. The van der Waals surface area contributed by atoms with Crippen LogP contribution in [0.15, 0.2) is 22.5 Å². The minimum Gasteiger partial charge on any atom is -0.363 e. The van der Waals surface area contributed by atoms with Crippen LogP contribution in [0.5, 0.6) is 0 Å². The Morgan fingerprint density at radius 2 is 2.12 bits per heavy atom. The average molecular weight is 515 g/mol. The van der Waals surface area contributed by atoms with E-state index in [4.69, 9.17) is 0 Å². The number of sulfonamides is 1. The molecule has 0 saturated carbocycles. The fourth-order valence-corrected chi connectivity index (χ4v) is 4.04. The first kappa shape index (κ1) is 23.4. The molecular weight excluding hydrogens is 485 g/mol. The van der Waals surface area contributed by atoms with Crippen molar-refractivity contribution in [2.75, 3.05) is 43.9 Å². The molecule has 0 bridgehead atoms. The van der Waals surface area contributed by atoms with Crippen LogP contribution < -0.4 is 20.3 Å². The lowest BCUT2D eigenvalue weighted by molar-refractivity contribution is 0.463. The summed E-state index contributed by atoms with van der Waals surface area (Å²) in [6.45, 7) is 5.96. The van der Waals surface area contributed by atoms with E-state index in [1.165, 1.54) is 11.3 Å². The van der Waals surface area contributed by atoms with E-state index in [1.807, 2.05) is 6.92 Å². The van der Waals surface area contributed by atoms with Crippen LogP contribution in [0.2, 0.25) is 0 Å². The number of hydrogen-bond donors (Lipinski definition) is 3. The van der Waals surface area contributed by atoms with Crippen LogP contribution in [0.4, 0.5) is 5.00 Å². The highest BCUT2D eigenvalue weighted by Gasteiger charge is 2.20. The van der Waals surface area contributed by atoms with Gasteiger partial charge in [-0.2, -0.15) is 0 Å². The second-order valence-electron chi connectivity index (χ2n) is 6.14. The molecule has 2 rings (SSSR count). The van der Waals surface area contributed by atoms with Crippen LogP contribution in [0.1, 0.15) is 26.2 Å². The van der Waals surface area contributed by atoms with Gasteiger partial charge in [0, 0.05) is 38.8 Å². The van der Waals surface area contributed by atoms with Crippen molar-refractivity contribution in [1.82, 2.24) is 15.4 Å². The normalized spacial score (nSPS) is 16.2. The van der Waals surface area contributed by atoms with Gasteiger partial charge in [0.1, 0.15) is 0 Å². The van der Waals surface area contributed by atoms with Crippen molar-refractivity contribution in [1.29, 1.82) is 0 Å². The molecule has 3 N–H and O–H groups in total. The Hall–Kier alpha value is -0.590. The van der Waals surface area contributed by atoms with Crippen molar-refractivity contribution in [3.05, 3.63) is 17.5 Å². The van der Waals surface area contributed by atoms with Gasteiger partial charge in [0.05, 0.1) is 11.3 Å². The third kappa shape index (κ3) is 8.87. The number of nitrogens with one attached hydrogen (secondary N) is 3. The Balaban J connectivity index is 0.00000338. The highest BCUT2D eigenvalue weighted by molar-refractivity contribution is 14.0. The van der Waals surface area contributed by atoms with Crippen LogP contribution in [0.25, 0.3) is 0 Å². The maximum atomic E-state index is 11.0. The largest absolute Gasteiger partial charge is 0.363 e. The molecule has 0 radical (unpaired) electrons. The Kier molecular flexibility index (Phi) is 10.8.